The standard InChI is InChI=1S/C15H21NO2/c1-15(2,3)13-8-6-12(7-9-13)14(17)16-10-4-5-11-18-16/h6-9H,4-5,10-11H2,1-3H3. The van der Waals surface area contributed by atoms with Crippen molar-refractivity contribution in [1.29, 1.82) is 0 Å². The average Bonchev–Trinajstić information content (AvgIpc) is 2.38. The van der Waals surface area contributed by atoms with Crippen molar-refractivity contribution in [1.82, 2.24) is 5.06 Å². The lowest BCUT2D eigenvalue weighted by Gasteiger charge is -2.26. The average molecular weight is 247 g/mol. The van der Waals surface area contributed by atoms with Crippen molar-refractivity contribution in [3.05, 3.63) is 35.4 Å². The molecule has 1 aliphatic rings. The third-order valence-electron chi connectivity index (χ3n) is 3.23. The molecule has 1 heterocycles. The zero-order chi connectivity index (χ0) is 13.2. The number of benzene rings is 1. The van der Waals surface area contributed by atoms with Gasteiger partial charge in [0.2, 0.25) is 0 Å². The molecular formula is C15H21NO2. The Morgan fingerprint density at radius 3 is 2.33 bits per heavy atom. The molecule has 98 valence electrons. The molecule has 1 aromatic rings. The molecule has 18 heavy (non-hydrogen) atoms. The molecule has 1 aliphatic heterocycles. The van der Waals surface area contributed by atoms with Crippen LogP contribution in [0.5, 0.6) is 0 Å². The van der Waals surface area contributed by atoms with Crippen LogP contribution >= 0.6 is 0 Å². The highest BCUT2D eigenvalue weighted by Gasteiger charge is 2.20. The van der Waals surface area contributed by atoms with Gasteiger partial charge in [0.05, 0.1) is 6.61 Å². The van der Waals surface area contributed by atoms with Crippen molar-refractivity contribution in [2.45, 2.75) is 39.0 Å². The van der Waals surface area contributed by atoms with Crippen LogP contribution in [0.2, 0.25) is 0 Å². The Kier molecular flexibility index (Phi) is 3.71. The van der Waals surface area contributed by atoms with Crippen LogP contribution < -0.4 is 0 Å². The molecule has 0 aliphatic carbocycles. The Morgan fingerprint density at radius 2 is 1.83 bits per heavy atom. The van der Waals surface area contributed by atoms with Gasteiger partial charge >= 0.3 is 0 Å². The van der Waals surface area contributed by atoms with Gasteiger partial charge in [0.1, 0.15) is 0 Å². The Hall–Kier alpha value is -1.35. The van der Waals surface area contributed by atoms with Gasteiger partial charge in [-0.25, -0.2) is 5.06 Å². The fourth-order valence-electron chi connectivity index (χ4n) is 2.01. The van der Waals surface area contributed by atoms with Gasteiger partial charge in [-0.05, 0) is 36.0 Å². The summed E-state index contributed by atoms with van der Waals surface area (Å²) < 4.78 is 0. The van der Waals surface area contributed by atoms with Crippen LogP contribution in [0.1, 0.15) is 49.5 Å². The van der Waals surface area contributed by atoms with E-state index in [9.17, 15) is 4.79 Å². The number of carbonyl (C=O) groups is 1. The molecule has 1 amide bonds. The lowest BCUT2D eigenvalue weighted by molar-refractivity contribution is -0.144. The van der Waals surface area contributed by atoms with Crippen LogP contribution in [-0.2, 0) is 10.3 Å². The minimum absolute atomic E-state index is 0.0323. The molecule has 3 nitrogen and oxygen atoms in total. The van der Waals surface area contributed by atoms with E-state index in [1.807, 2.05) is 24.3 Å². The number of hydroxylamine groups is 2. The van der Waals surface area contributed by atoms with Crippen LogP contribution in [0.3, 0.4) is 0 Å². The first-order valence-electron chi connectivity index (χ1n) is 6.54. The van der Waals surface area contributed by atoms with Gasteiger partial charge in [0, 0.05) is 12.1 Å². The minimum atomic E-state index is -0.0323. The number of hydrogen-bond donors (Lipinski definition) is 0. The Labute approximate surface area is 109 Å². The summed E-state index contributed by atoms with van der Waals surface area (Å²) in [5.41, 5.74) is 2.05. The second-order valence-corrected chi connectivity index (χ2v) is 5.77. The summed E-state index contributed by atoms with van der Waals surface area (Å²) in [6, 6.07) is 7.83. The van der Waals surface area contributed by atoms with Crippen LogP contribution in [0.4, 0.5) is 0 Å². The molecular weight excluding hydrogens is 226 g/mol. The molecule has 1 aromatic carbocycles. The molecule has 3 heteroatoms. The predicted octanol–water partition coefficient (Wildman–Crippen LogP) is 3.15. The zero-order valence-corrected chi connectivity index (χ0v) is 11.4. The van der Waals surface area contributed by atoms with Gasteiger partial charge in [-0.15, -0.1) is 0 Å². The summed E-state index contributed by atoms with van der Waals surface area (Å²) in [4.78, 5) is 17.5. The number of nitrogens with zero attached hydrogens (tertiary/aromatic N) is 1. The molecule has 0 saturated carbocycles. The van der Waals surface area contributed by atoms with Crippen LogP contribution in [0.25, 0.3) is 0 Å². The predicted molar refractivity (Wildman–Crippen MR) is 71.4 cm³/mol. The fraction of sp³-hybridized carbons (Fsp3) is 0.533. The zero-order valence-electron chi connectivity index (χ0n) is 11.4. The summed E-state index contributed by atoms with van der Waals surface area (Å²) in [6.07, 6.45) is 2.05. The van der Waals surface area contributed by atoms with E-state index in [1.165, 1.54) is 10.6 Å². The summed E-state index contributed by atoms with van der Waals surface area (Å²) in [7, 11) is 0. The normalized spacial score (nSPS) is 16.7. The first kappa shape index (κ1) is 13.1. The Morgan fingerprint density at radius 1 is 1.17 bits per heavy atom. The SMILES string of the molecule is CC(C)(C)c1ccc(C(=O)N2CCCCO2)cc1. The lowest BCUT2D eigenvalue weighted by Crippen LogP contribution is -2.35. The molecule has 0 spiro atoms. The van der Waals surface area contributed by atoms with Crippen LogP contribution in [0.15, 0.2) is 24.3 Å². The first-order valence-corrected chi connectivity index (χ1v) is 6.54. The number of hydrogen-bond acceptors (Lipinski definition) is 2. The van der Waals surface area contributed by atoms with E-state index < -0.39 is 0 Å². The minimum Gasteiger partial charge on any atom is -0.271 e. The Bertz CT molecular complexity index is 411. The van der Waals surface area contributed by atoms with Gasteiger partial charge < -0.3 is 0 Å². The van der Waals surface area contributed by atoms with Gasteiger partial charge in [0.25, 0.3) is 5.91 Å². The smallest absolute Gasteiger partial charge is 0.271 e. The van der Waals surface area contributed by atoms with E-state index in [4.69, 9.17) is 4.84 Å². The van der Waals surface area contributed by atoms with E-state index in [-0.39, 0.29) is 11.3 Å². The number of amides is 1. The molecule has 0 aromatic heterocycles. The summed E-state index contributed by atoms with van der Waals surface area (Å²) >= 11 is 0. The number of carbonyl (C=O) groups excluding carboxylic acids is 1. The third kappa shape index (κ3) is 2.91. The van der Waals surface area contributed by atoms with Crippen molar-refractivity contribution in [3.63, 3.8) is 0 Å². The second-order valence-electron chi connectivity index (χ2n) is 5.77. The van der Waals surface area contributed by atoms with Crippen molar-refractivity contribution in [2.75, 3.05) is 13.2 Å². The third-order valence-corrected chi connectivity index (χ3v) is 3.23. The maximum atomic E-state index is 12.2. The quantitative estimate of drug-likeness (QED) is 0.763. The molecule has 1 fully saturated rings. The van der Waals surface area contributed by atoms with Gasteiger partial charge in [-0.3, -0.25) is 9.63 Å². The molecule has 0 bridgehead atoms. The molecule has 0 radical (unpaired) electrons. The monoisotopic (exact) mass is 247 g/mol. The summed E-state index contributed by atoms with van der Waals surface area (Å²) in [5, 5.41) is 1.48. The van der Waals surface area contributed by atoms with Crippen molar-refractivity contribution >= 4 is 5.91 Å². The maximum Gasteiger partial charge on any atom is 0.277 e. The second kappa shape index (κ2) is 5.11. The molecule has 1 saturated heterocycles. The highest BCUT2D eigenvalue weighted by molar-refractivity contribution is 5.93. The van der Waals surface area contributed by atoms with E-state index in [1.54, 1.807) is 0 Å². The molecule has 0 N–H and O–H groups in total. The topological polar surface area (TPSA) is 29.5 Å². The fourth-order valence-corrected chi connectivity index (χ4v) is 2.01. The highest BCUT2D eigenvalue weighted by atomic mass is 16.7. The lowest BCUT2D eigenvalue weighted by atomic mass is 9.86. The van der Waals surface area contributed by atoms with E-state index in [0.717, 1.165) is 12.8 Å². The van der Waals surface area contributed by atoms with Crippen molar-refractivity contribution in [3.8, 4) is 0 Å². The van der Waals surface area contributed by atoms with E-state index >= 15 is 0 Å². The van der Waals surface area contributed by atoms with E-state index in [0.29, 0.717) is 18.7 Å². The molecule has 0 atom stereocenters. The van der Waals surface area contributed by atoms with Crippen LogP contribution in [0, 0.1) is 0 Å². The van der Waals surface area contributed by atoms with Gasteiger partial charge in [0.15, 0.2) is 0 Å². The Balaban J connectivity index is 2.11. The molecule has 0 unspecified atom stereocenters. The summed E-state index contributed by atoms with van der Waals surface area (Å²) in [6.45, 7) is 7.83. The van der Waals surface area contributed by atoms with Crippen molar-refractivity contribution < 1.29 is 9.63 Å². The number of rotatable bonds is 1. The molecule has 2 rings (SSSR count). The van der Waals surface area contributed by atoms with Gasteiger partial charge in [-0.1, -0.05) is 32.9 Å². The largest absolute Gasteiger partial charge is 0.277 e. The van der Waals surface area contributed by atoms with Crippen molar-refractivity contribution in [2.24, 2.45) is 0 Å². The van der Waals surface area contributed by atoms with Gasteiger partial charge in [-0.2, -0.15) is 0 Å². The summed E-state index contributed by atoms with van der Waals surface area (Å²) in [5.74, 6) is -0.0323. The first-order chi connectivity index (χ1) is 8.48. The van der Waals surface area contributed by atoms with Crippen LogP contribution in [-0.4, -0.2) is 24.1 Å². The highest BCUT2D eigenvalue weighted by Crippen LogP contribution is 2.22. The maximum absolute atomic E-state index is 12.2. The van der Waals surface area contributed by atoms with E-state index in [2.05, 4.69) is 20.8 Å².